The van der Waals surface area contributed by atoms with Crippen LogP contribution in [0, 0.1) is 5.92 Å². The van der Waals surface area contributed by atoms with Gasteiger partial charge in [-0.15, -0.1) is 0 Å². The minimum atomic E-state index is -0.455. The lowest BCUT2D eigenvalue weighted by Gasteiger charge is -2.27. The fraction of sp³-hybridized carbons (Fsp3) is 0.375. The molecule has 6 heteroatoms. The third-order valence-electron chi connectivity index (χ3n) is 6.22. The van der Waals surface area contributed by atoms with E-state index in [-0.39, 0.29) is 23.7 Å². The lowest BCUT2D eigenvalue weighted by Crippen LogP contribution is -2.35. The smallest absolute Gasteiger partial charge is 0.248 e. The molecule has 2 aromatic rings. The van der Waals surface area contributed by atoms with Gasteiger partial charge in [0.25, 0.3) is 0 Å². The van der Waals surface area contributed by atoms with E-state index >= 15 is 0 Å². The van der Waals surface area contributed by atoms with Gasteiger partial charge in [0, 0.05) is 35.8 Å². The molecule has 4 rings (SSSR count). The third kappa shape index (κ3) is 4.22. The van der Waals surface area contributed by atoms with Gasteiger partial charge in [-0.05, 0) is 73.6 Å². The van der Waals surface area contributed by atoms with Crippen LogP contribution in [0.15, 0.2) is 48.5 Å². The molecular formula is C24H27N3O3. The Morgan fingerprint density at radius 1 is 1.00 bits per heavy atom. The quantitative estimate of drug-likeness (QED) is 0.792. The van der Waals surface area contributed by atoms with E-state index in [1.54, 1.807) is 6.07 Å². The lowest BCUT2D eigenvalue weighted by molar-refractivity contribution is -0.120. The number of benzene rings is 2. The number of rotatable bonds is 5. The highest BCUT2D eigenvalue weighted by Gasteiger charge is 2.34. The maximum Gasteiger partial charge on any atom is 0.248 e. The first kappa shape index (κ1) is 20.1. The summed E-state index contributed by atoms with van der Waals surface area (Å²) in [7, 11) is 0. The number of nitrogens with one attached hydrogen (secondary N) is 1. The molecule has 30 heavy (non-hydrogen) atoms. The van der Waals surface area contributed by atoms with Gasteiger partial charge in [0.1, 0.15) is 0 Å². The van der Waals surface area contributed by atoms with Crippen molar-refractivity contribution in [2.24, 2.45) is 11.7 Å². The number of hydrogen-bond donors (Lipinski definition) is 2. The number of nitrogens with zero attached hydrogens (tertiary/aromatic N) is 1. The Morgan fingerprint density at radius 2 is 1.80 bits per heavy atom. The van der Waals surface area contributed by atoms with Crippen LogP contribution < -0.4 is 16.0 Å². The van der Waals surface area contributed by atoms with Crippen LogP contribution in [0.4, 0.5) is 11.4 Å². The predicted molar refractivity (Wildman–Crippen MR) is 116 cm³/mol. The second-order valence-corrected chi connectivity index (χ2v) is 8.17. The molecule has 6 nitrogen and oxygen atoms in total. The van der Waals surface area contributed by atoms with E-state index in [2.05, 4.69) is 5.32 Å². The van der Waals surface area contributed by atoms with Gasteiger partial charge in [-0.3, -0.25) is 14.4 Å². The van der Waals surface area contributed by atoms with Crippen LogP contribution in [-0.4, -0.2) is 24.3 Å². The van der Waals surface area contributed by atoms with Gasteiger partial charge < -0.3 is 16.0 Å². The van der Waals surface area contributed by atoms with Crippen molar-refractivity contribution >= 4 is 29.1 Å². The van der Waals surface area contributed by atoms with Gasteiger partial charge >= 0.3 is 0 Å². The van der Waals surface area contributed by atoms with Crippen LogP contribution in [0.25, 0.3) is 0 Å². The molecule has 0 bridgehead atoms. The summed E-state index contributed by atoms with van der Waals surface area (Å²) < 4.78 is 0. The Balaban J connectivity index is 1.44. The maximum absolute atomic E-state index is 13.0. The standard InChI is InChI=1S/C24H27N3O3/c25-23(29)17-6-3-5-16(15-17)20-7-4-8-21(20)24(30)26-18-10-12-19(13-11-18)27-14-2-1-9-22(27)28/h3,5-6,10-13,15,20-21H,1-2,4,7-9,14H2,(H2,25,29)(H,26,30)/t20-,21-/m0/s1. The third-order valence-corrected chi connectivity index (χ3v) is 6.22. The van der Waals surface area contributed by atoms with Crippen LogP contribution >= 0.6 is 0 Å². The second-order valence-electron chi connectivity index (χ2n) is 8.17. The molecular weight excluding hydrogens is 378 g/mol. The summed E-state index contributed by atoms with van der Waals surface area (Å²) in [6, 6.07) is 14.8. The average molecular weight is 405 g/mol. The van der Waals surface area contributed by atoms with Crippen LogP contribution in [0.2, 0.25) is 0 Å². The van der Waals surface area contributed by atoms with Gasteiger partial charge in [0.2, 0.25) is 17.7 Å². The van der Waals surface area contributed by atoms with Crippen molar-refractivity contribution in [2.45, 2.75) is 44.4 Å². The summed E-state index contributed by atoms with van der Waals surface area (Å²) in [5.41, 5.74) is 8.47. The van der Waals surface area contributed by atoms with E-state index in [0.29, 0.717) is 12.0 Å². The molecule has 3 amide bonds. The molecule has 1 aliphatic carbocycles. The van der Waals surface area contributed by atoms with E-state index in [1.165, 1.54) is 0 Å². The molecule has 3 N–H and O–H groups in total. The molecule has 2 atom stereocenters. The summed E-state index contributed by atoms with van der Waals surface area (Å²) in [5, 5.41) is 3.03. The summed E-state index contributed by atoms with van der Waals surface area (Å²) in [5.74, 6) is -0.372. The molecule has 1 heterocycles. The largest absolute Gasteiger partial charge is 0.366 e. The van der Waals surface area contributed by atoms with Gasteiger partial charge in [-0.1, -0.05) is 18.6 Å². The fourth-order valence-electron chi connectivity index (χ4n) is 4.63. The SMILES string of the molecule is NC(=O)c1cccc([C@@H]2CCC[C@@H]2C(=O)Nc2ccc(N3CCCCC3=O)cc2)c1. The van der Waals surface area contributed by atoms with E-state index in [4.69, 9.17) is 5.73 Å². The molecule has 1 aliphatic heterocycles. The van der Waals surface area contributed by atoms with Crippen molar-refractivity contribution in [2.75, 3.05) is 16.8 Å². The van der Waals surface area contributed by atoms with E-state index in [1.807, 2.05) is 47.4 Å². The molecule has 2 aliphatic rings. The molecule has 0 radical (unpaired) electrons. The summed E-state index contributed by atoms with van der Waals surface area (Å²) >= 11 is 0. The number of nitrogens with two attached hydrogens (primary N) is 1. The van der Waals surface area contributed by atoms with Crippen LogP contribution in [0.5, 0.6) is 0 Å². The summed E-state index contributed by atoms with van der Waals surface area (Å²) in [4.78, 5) is 38.4. The zero-order chi connectivity index (χ0) is 21.1. The number of hydrogen-bond acceptors (Lipinski definition) is 3. The molecule has 0 spiro atoms. The number of primary amides is 1. The topological polar surface area (TPSA) is 92.5 Å². The second kappa shape index (κ2) is 8.69. The van der Waals surface area contributed by atoms with Gasteiger partial charge in [-0.2, -0.15) is 0 Å². The average Bonchev–Trinajstić information content (AvgIpc) is 3.25. The molecule has 156 valence electrons. The number of amides is 3. The van der Waals surface area contributed by atoms with Crippen LogP contribution in [-0.2, 0) is 9.59 Å². The Labute approximate surface area is 176 Å². The zero-order valence-corrected chi connectivity index (χ0v) is 17.0. The fourth-order valence-corrected chi connectivity index (χ4v) is 4.63. The minimum Gasteiger partial charge on any atom is -0.366 e. The Kier molecular flexibility index (Phi) is 5.84. The number of carbonyl (C=O) groups excluding carboxylic acids is 3. The predicted octanol–water partition coefficient (Wildman–Crippen LogP) is 3.82. The molecule has 0 unspecified atom stereocenters. The number of anilines is 2. The van der Waals surface area contributed by atoms with Gasteiger partial charge in [-0.25, -0.2) is 0 Å². The van der Waals surface area contributed by atoms with Crippen LogP contribution in [0.3, 0.4) is 0 Å². The first-order valence-electron chi connectivity index (χ1n) is 10.6. The Hall–Kier alpha value is -3.15. The molecule has 1 saturated heterocycles. The number of carbonyl (C=O) groups is 3. The van der Waals surface area contributed by atoms with Crippen molar-refractivity contribution in [1.29, 1.82) is 0 Å². The highest BCUT2D eigenvalue weighted by Crippen LogP contribution is 2.40. The highest BCUT2D eigenvalue weighted by molar-refractivity contribution is 5.96. The van der Waals surface area contributed by atoms with Crippen molar-refractivity contribution in [3.8, 4) is 0 Å². The summed E-state index contributed by atoms with van der Waals surface area (Å²) in [6.07, 6.45) is 5.27. The Morgan fingerprint density at radius 3 is 2.53 bits per heavy atom. The van der Waals surface area contributed by atoms with E-state index < -0.39 is 5.91 Å². The molecule has 2 aromatic carbocycles. The van der Waals surface area contributed by atoms with Crippen molar-refractivity contribution < 1.29 is 14.4 Å². The van der Waals surface area contributed by atoms with Crippen molar-refractivity contribution in [3.05, 3.63) is 59.7 Å². The first-order chi connectivity index (χ1) is 14.5. The first-order valence-corrected chi connectivity index (χ1v) is 10.6. The Bertz CT molecular complexity index is 954. The van der Waals surface area contributed by atoms with Crippen molar-refractivity contribution in [1.82, 2.24) is 0 Å². The monoisotopic (exact) mass is 405 g/mol. The minimum absolute atomic E-state index is 0.0104. The highest BCUT2D eigenvalue weighted by atomic mass is 16.2. The maximum atomic E-state index is 13.0. The zero-order valence-electron chi connectivity index (χ0n) is 17.0. The van der Waals surface area contributed by atoms with Gasteiger partial charge in [0.05, 0.1) is 0 Å². The van der Waals surface area contributed by atoms with Crippen molar-refractivity contribution in [3.63, 3.8) is 0 Å². The molecule has 2 fully saturated rings. The normalized spacial score (nSPS) is 21.5. The van der Waals surface area contributed by atoms with Crippen LogP contribution in [0.1, 0.15) is 60.4 Å². The molecule has 0 aromatic heterocycles. The molecule has 1 saturated carbocycles. The van der Waals surface area contributed by atoms with E-state index in [9.17, 15) is 14.4 Å². The van der Waals surface area contributed by atoms with Gasteiger partial charge in [0.15, 0.2) is 0 Å². The lowest BCUT2D eigenvalue weighted by atomic mass is 9.87. The number of piperidine rings is 1. The summed E-state index contributed by atoms with van der Waals surface area (Å²) in [6.45, 7) is 0.749. The van der Waals surface area contributed by atoms with E-state index in [0.717, 1.165) is 55.6 Å².